The minimum Gasteiger partial charge on any atom is -0.392 e. The van der Waals surface area contributed by atoms with Crippen molar-refractivity contribution in [2.75, 3.05) is 5.32 Å². The van der Waals surface area contributed by atoms with Crippen LogP contribution in [0.5, 0.6) is 0 Å². The van der Waals surface area contributed by atoms with Crippen molar-refractivity contribution in [2.24, 2.45) is 5.92 Å². The maximum absolute atomic E-state index is 11.8. The molecule has 0 unspecified atom stereocenters. The van der Waals surface area contributed by atoms with Crippen molar-refractivity contribution < 1.29 is 15.0 Å². The quantitative estimate of drug-likeness (QED) is 0.497. The second-order valence-electron chi connectivity index (χ2n) is 7.29. The summed E-state index contributed by atoms with van der Waals surface area (Å²) in [5.41, 5.74) is 5.51. The SMILES string of the molecule is CC(=O)c1ccc2c(c1)[C@@H]1C=CC[C@@H]1[C@H](c1cc(CO)c(CO)cc1Br)N2. The van der Waals surface area contributed by atoms with Gasteiger partial charge in [-0.05, 0) is 71.8 Å². The topological polar surface area (TPSA) is 69.6 Å². The second-order valence-corrected chi connectivity index (χ2v) is 8.15. The molecule has 27 heavy (non-hydrogen) atoms. The van der Waals surface area contributed by atoms with Gasteiger partial charge in [-0.3, -0.25) is 4.79 Å². The van der Waals surface area contributed by atoms with Crippen LogP contribution in [0.3, 0.4) is 0 Å². The fourth-order valence-electron chi connectivity index (χ4n) is 4.33. The molecule has 0 radical (unpaired) electrons. The smallest absolute Gasteiger partial charge is 0.159 e. The lowest BCUT2D eigenvalue weighted by atomic mass is 9.76. The molecule has 0 bridgehead atoms. The van der Waals surface area contributed by atoms with Gasteiger partial charge in [0.25, 0.3) is 0 Å². The maximum Gasteiger partial charge on any atom is 0.159 e. The van der Waals surface area contributed by atoms with E-state index in [4.69, 9.17) is 0 Å². The predicted octanol–water partition coefficient (Wildman–Crippen LogP) is 4.46. The van der Waals surface area contributed by atoms with Crippen molar-refractivity contribution in [3.8, 4) is 0 Å². The number of hydrogen-bond donors (Lipinski definition) is 3. The lowest BCUT2D eigenvalue weighted by Gasteiger charge is -2.38. The summed E-state index contributed by atoms with van der Waals surface area (Å²) in [5.74, 6) is 0.670. The first-order valence-corrected chi connectivity index (χ1v) is 9.93. The van der Waals surface area contributed by atoms with Crippen LogP contribution in [0.4, 0.5) is 5.69 Å². The fraction of sp³-hybridized carbons (Fsp3) is 0.318. The Bertz CT molecular complexity index is 937. The van der Waals surface area contributed by atoms with E-state index in [1.54, 1.807) is 6.92 Å². The van der Waals surface area contributed by atoms with Crippen LogP contribution in [0.25, 0.3) is 0 Å². The molecule has 2 aromatic carbocycles. The normalized spacial score (nSPS) is 22.9. The number of nitrogens with one attached hydrogen (secondary N) is 1. The molecule has 2 aromatic rings. The van der Waals surface area contributed by atoms with Crippen molar-refractivity contribution in [1.82, 2.24) is 0 Å². The first-order valence-electron chi connectivity index (χ1n) is 9.14. The molecule has 140 valence electrons. The second kappa shape index (κ2) is 7.23. The van der Waals surface area contributed by atoms with Crippen LogP contribution in [0.2, 0.25) is 0 Å². The Kier molecular flexibility index (Phi) is 4.93. The van der Waals surface area contributed by atoms with Gasteiger partial charge in [0, 0.05) is 21.6 Å². The predicted molar refractivity (Wildman–Crippen MR) is 109 cm³/mol. The number of anilines is 1. The number of carbonyl (C=O) groups excluding carboxylic acids is 1. The highest BCUT2D eigenvalue weighted by atomic mass is 79.9. The van der Waals surface area contributed by atoms with Gasteiger partial charge in [0.2, 0.25) is 0 Å². The van der Waals surface area contributed by atoms with Gasteiger partial charge >= 0.3 is 0 Å². The van der Waals surface area contributed by atoms with Crippen molar-refractivity contribution in [2.45, 2.75) is 38.5 Å². The molecule has 3 N–H and O–H groups in total. The molecule has 2 aliphatic rings. The summed E-state index contributed by atoms with van der Waals surface area (Å²) in [6.07, 6.45) is 5.40. The van der Waals surface area contributed by atoms with E-state index in [1.165, 1.54) is 5.56 Å². The van der Waals surface area contributed by atoms with Crippen LogP contribution in [-0.2, 0) is 13.2 Å². The van der Waals surface area contributed by atoms with E-state index in [0.29, 0.717) is 5.92 Å². The summed E-state index contributed by atoms with van der Waals surface area (Å²) >= 11 is 3.66. The molecule has 4 rings (SSSR count). The molecule has 0 saturated heterocycles. The Hall–Kier alpha value is -1.95. The minimum atomic E-state index is -0.103. The van der Waals surface area contributed by atoms with E-state index in [9.17, 15) is 15.0 Å². The summed E-state index contributed by atoms with van der Waals surface area (Å²) < 4.78 is 0.927. The van der Waals surface area contributed by atoms with Crippen LogP contribution < -0.4 is 5.32 Å². The molecule has 0 fully saturated rings. The van der Waals surface area contributed by atoms with Crippen molar-refractivity contribution in [3.05, 3.63) is 74.8 Å². The highest BCUT2D eigenvalue weighted by Gasteiger charge is 2.39. The molecule has 1 heterocycles. The van der Waals surface area contributed by atoms with Crippen LogP contribution in [0, 0.1) is 5.92 Å². The first-order chi connectivity index (χ1) is 13.0. The average Bonchev–Trinajstić information content (AvgIpc) is 3.17. The number of hydrogen-bond acceptors (Lipinski definition) is 4. The summed E-state index contributed by atoms with van der Waals surface area (Å²) in [6.45, 7) is 1.39. The lowest BCUT2D eigenvalue weighted by Crippen LogP contribution is -2.29. The number of fused-ring (bicyclic) bond motifs is 3. The largest absolute Gasteiger partial charge is 0.392 e. The van der Waals surface area contributed by atoms with Gasteiger partial charge in [-0.25, -0.2) is 0 Å². The summed E-state index contributed by atoms with van der Waals surface area (Å²) in [6, 6.07) is 9.83. The molecule has 1 aliphatic carbocycles. The van der Waals surface area contributed by atoms with Crippen molar-refractivity contribution in [3.63, 3.8) is 0 Å². The molecule has 0 aromatic heterocycles. The Morgan fingerprint density at radius 1 is 1.15 bits per heavy atom. The van der Waals surface area contributed by atoms with Crippen molar-refractivity contribution in [1.29, 1.82) is 0 Å². The van der Waals surface area contributed by atoms with Gasteiger partial charge in [0.1, 0.15) is 0 Å². The Morgan fingerprint density at radius 3 is 2.59 bits per heavy atom. The third kappa shape index (κ3) is 3.14. The van der Waals surface area contributed by atoms with Crippen molar-refractivity contribution >= 4 is 27.4 Å². The molecule has 0 amide bonds. The zero-order valence-corrected chi connectivity index (χ0v) is 16.7. The highest BCUT2D eigenvalue weighted by Crippen LogP contribution is 2.51. The Labute approximate surface area is 167 Å². The van der Waals surface area contributed by atoms with Crippen LogP contribution in [0.1, 0.15) is 57.9 Å². The number of Topliss-reactive ketones (excluding diaryl/α,β-unsaturated/α-hetero) is 1. The third-order valence-electron chi connectivity index (χ3n) is 5.76. The number of rotatable bonds is 4. The minimum absolute atomic E-state index is 0.0769. The number of halogens is 1. The third-order valence-corrected chi connectivity index (χ3v) is 6.45. The van der Waals surface area contributed by atoms with Gasteiger partial charge in [-0.2, -0.15) is 0 Å². The maximum atomic E-state index is 11.8. The number of carbonyl (C=O) groups is 1. The molecule has 3 atom stereocenters. The standard InChI is InChI=1S/C22H22BrNO3/c1-12(27)13-5-6-21-18(7-13)16-3-2-4-17(16)22(24-21)19-8-14(10-25)15(11-26)9-20(19)23/h2-3,5-9,16-17,22,24-26H,4,10-11H2,1H3/t16-,17+,22-/m1/s1. The van der Waals surface area contributed by atoms with Gasteiger partial charge < -0.3 is 15.5 Å². The molecule has 0 saturated carbocycles. The van der Waals surface area contributed by atoms with Gasteiger partial charge in [0.15, 0.2) is 5.78 Å². The highest BCUT2D eigenvalue weighted by molar-refractivity contribution is 9.10. The number of aliphatic hydroxyl groups is 2. The zero-order chi connectivity index (χ0) is 19.1. The number of ketones is 1. The van der Waals surface area contributed by atoms with E-state index >= 15 is 0 Å². The number of benzene rings is 2. The molecular weight excluding hydrogens is 406 g/mol. The Balaban J connectivity index is 1.79. The molecule has 0 spiro atoms. The summed E-state index contributed by atoms with van der Waals surface area (Å²) in [5, 5.41) is 22.9. The van der Waals surface area contributed by atoms with E-state index in [0.717, 1.165) is 38.8 Å². The van der Waals surface area contributed by atoms with E-state index in [1.807, 2.05) is 30.3 Å². The zero-order valence-electron chi connectivity index (χ0n) is 15.1. The first kappa shape index (κ1) is 18.4. The molecule has 1 aliphatic heterocycles. The average molecular weight is 428 g/mol. The summed E-state index contributed by atoms with van der Waals surface area (Å²) in [7, 11) is 0. The van der Waals surface area contributed by atoms with E-state index in [-0.39, 0.29) is 31.0 Å². The van der Waals surface area contributed by atoms with Crippen LogP contribution in [0.15, 0.2) is 47.0 Å². The Morgan fingerprint density at radius 2 is 1.89 bits per heavy atom. The number of aliphatic hydroxyl groups excluding tert-OH is 2. The summed E-state index contributed by atoms with van der Waals surface area (Å²) in [4.78, 5) is 11.8. The lowest BCUT2D eigenvalue weighted by molar-refractivity contribution is 0.101. The van der Waals surface area contributed by atoms with Gasteiger partial charge in [-0.15, -0.1) is 0 Å². The van der Waals surface area contributed by atoms with Gasteiger partial charge in [0.05, 0.1) is 19.3 Å². The van der Waals surface area contributed by atoms with Gasteiger partial charge in [-0.1, -0.05) is 28.1 Å². The number of allylic oxidation sites excluding steroid dienone is 2. The molecule has 4 nitrogen and oxygen atoms in total. The fourth-order valence-corrected chi connectivity index (χ4v) is 4.97. The molecule has 5 heteroatoms. The van der Waals surface area contributed by atoms with Crippen LogP contribution in [-0.4, -0.2) is 16.0 Å². The van der Waals surface area contributed by atoms with Crippen LogP contribution >= 0.6 is 15.9 Å². The monoisotopic (exact) mass is 427 g/mol. The molecular formula is C22H22BrNO3. The van der Waals surface area contributed by atoms with E-state index in [2.05, 4.69) is 33.4 Å². The van der Waals surface area contributed by atoms with E-state index < -0.39 is 0 Å².